The molecular weight excluding hydrogens is 409 g/mol. The molecule has 0 amide bonds. The molecule has 0 aliphatic carbocycles. The Morgan fingerprint density at radius 3 is 2.38 bits per heavy atom. The number of nitrogens with zero attached hydrogens (tertiary/aromatic N) is 1. The number of hydrogen-bond donors (Lipinski definition) is 1. The van der Waals surface area contributed by atoms with Crippen LogP contribution in [-0.2, 0) is 12.7 Å². The second-order valence-electron chi connectivity index (χ2n) is 7.78. The zero-order valence-corrected chi connectivity index (χ0v) is 18.6. The van der Waals surface area contributed by atoms with E-state index in [-0.39, 0.29) is 0 Å². The van der Waals surface area contributed by atoms with Gasteiger partial charge in [-0.1, -0.05) is 55.1 Å². The Bertz CT molecular complexity index is 1210. The number of nitrogens with one attached hydrogen (secondary N) is 1. The van der Waals surface area contributed by atoms with Gasteiger partial charge in [0.25, 0.3) is 0 Å². The second kappa shape index (κ2) is 9.35. The van der Waals surface area contributed by atoms with Crippen molar-refractivity contribution < 1.29 is 13.2 Å². The Balaban J connectivity index is 2.37. The smallest absolute Gasteiger partial charge is 0.394 e. The topological polar surface area (TPSA) is 17.0 Å². The fraction of sp³-hybridized carbons (Fsp3) is 0.185. The highest BCUT2D eigenvalue weighted by Crippen LogP contribution is 2.39. The molecule has 0 spiro atoms. The van der Waals surface area contributed by atoms with Gasteiger partial charge in [0.15, 0.2) is 0 Å². The largest absolute Gasteiger partial charge is 0.416 e. The molecule has 1 N–H and O–H groups in total. The number of benzene rings is 2. The first-order valence-corrected chi connectivity index (χ1v) is 10.3. The van der Waals surface area contributed by atoms with Crippen molar-refractivity contribution >= 4 is 22.0 Å². The molecule has 0 saturated carbocycles. The van der Waals surface area contributed by atoms with E-state index < -0.39 is 11.7 Å². The van der Waals surface area contributed by atoms with Crippen molar-refractivity contribution in [1.29, 1.82) is 0 Å². The average Bonchev–Trinajstić information content (AvgIpc) is 3.06. The quantitative estimate of drug-likeness (QED) is 0.383. The summed E-state index contributed by atoms with van der Waals surface area (Å²) >= 11 is 0. The number of allylic oxidation sites excluding steroid dienone is 5. The number of hydrogen-bond acceptors (Lipinski definition) is 1. The molecule has 0 aliphatic rings. The summed E-state index contributed by atoms with van der Waals surface area (Å²) in [6.07, 6.45) is 2.61. The van der Waals surface area contributed by atoms with Gasteiger partial charge in [0.05, 0.1) is 11.3 Å². The number of fused-ring (bicyclic) bond motifs is 1. The van der Waals surface area contributed by atoms with Gasteiger partial charge in [0.1, 0.15) is 0 Å². The van der Waals surface area contributed by atoms with Crippen LogP contribution in [0, 0.1) is 6.92 Å². The summed E-state index contributed by atoms with van der Waals surface area (Å²) in [5.41, 5.74) is 5.22. The van der Waals surface area contributed by atoms with Crippen LogP contribution in [0.1, 0.15) is 34.9 Å². The highest BCUT2D eigenvalue weighted by Gasteiger charge is 2.32. The van der Waals surface area contributed by atoms with Crippen LogP contribution in [-0.4, -0.2) is 11.6 Å². The minimum Gasteiger partial charge on any atom is -0.394 e. The van der Waals surface area contributed by atoms with Gasteiger partial charge in [-0.15, -0.1) is 0 Å². The molecule has 0 bridgehead atoms. The van der Waals surface area contributed by atoms with E-state index in [1.807, 2.05) is 48.8 Å². The molecule has 3 rings (SSSR count). The normalized spacial score (nSPS) is 12.5. The fourth-order valence-corrected chi connectivity index (χ4v) is 3.81. The third-order valence-electron chi connectivity index (χ3n) is 5.30. The highest BCUT2D eigenvalue weighted by molar-refractivity contribution is 6.01. The zero-order chi connectivity index (χ0) is 23.5. The predicted molar refractivity (Wildman–Crippen MR) is 128 cm³/mol. The molecule has 0 fully saturated rings. The summed E-state index contributed by atoms with van der Waals surface area (Å²) in [7, 11) is 1.78. The third kappa shape index (κ3) is 4.72. The number of rotatable bonds is 7. The van der Waals surface area contributed by atoms with Crippen molar-refractivity contribution in [1.82, 2.24) is 9.88 Å². The lowest BCUT2D eigenvalue weighted by molar-refractivity contribution is -0.137. The molecule has 32 heavy (non-hydrogen) atoms. The van der Waals surface area contributed by atoms with Crippen LogP contribution >= 0.6 is 0 Å². The second-order valence-corrected chi connectivity index (χ2v) is 7.78. The molecule has 0 aliphatic heterocycles. The van der Waals surface area contributed by atoms with Crippen LogP contribution < -0.4 is 5.32 Å². The monoisotopic (exact) mass is 436 g/mol. The van der Waals surface area contributed by atoms with Crippen molar-refractivity contribution in [2.24, 2.45) is 0 Å². The van der Waals surface area contributed by atoms with E-state index in [4.69, 9.17) is 0 Å². The van der Waals surface area contributed by atoms with Crippen molar-refractivity contribution in [3.05, 3.63) is 108 Å². The first kappa shape index (κ1) is 23.2. The molecule has 166 valence electrons. The van der Waals surface area contributed by atoms with Crippen LogP contribution in [0.4, 0.5) is 13.2 Å². The Hall–Kier alpha value is -3.47. The van der Waals surface area contributed by atoms with Gasteiger partial charge in [-0.05, 0) is 61.0 Å². The van der Waals surface area contributed by atoms with E-state index >= 15 is 0 Å². The van der Waals surface area contributed by atoms with Gasteiger partial charge < -0.3 is 9.88 Å². The van der Waals surface area contributed by atoms with Crippen LogP contribution in [0.5, 0.6) is 0 Å². The lowest BCUT2D eigenvalue weighted by Crippen LogP contribution is -2.05. The maximum atomic E-state index is 13.6. The maximum absolute atomic E-state index is 13.6. The minimum atomic E-state index is -4.43. The molecule has 5 heteroatoms. The number of aromatic nitrogens is 1. The van der Waals surface area contributed by atoms with E-state index in [9.17, 15) is 13.2 Å². The average molecular weight is 437 g/mol. The lowest BCUT2D eigenvalue weighted by atomic mass is 9.97. The first-order valence-electron chi connectivity index (χ1n) is 10.3. The molecular formula is C27H27F3N2. The first-order chi connectivity index (χ1) is 15.2. The van der Waals surface area contributed by atoms with Crippen molar-refractivity contribution in [2.45, 2.75) is 26.6 Å². The molecule has 1 aromatic heterocycles. The number of halogens is 3. The molecule has 0 saturated heterocycles. The summed E-state index contributed by atoms with van der Waals surface area (Å²) in [5, 5.41) is 3.44. The molecule has 0 unspecified atom stereocenters. The maximum Gasteiger partial charge on any atom is 0.416 e. The molecule has 0 radical (unpaired) electrons. The Morgan fingerprint density at radius 1 is 1.12 bits per heavy atom. The van der Waals surface area contributed by atoms with E-state index in [1.54, 1.807) is 31.5 Å². The van der Waals surface area contributed by atoms with Crippen LogP contribution in [0.2, 0.25) is 0 Å². The minimum absolute atomic E-state index is 0.515. The Morgan fingerprint density at radius 2 is 1.81 bits per heavy atom. The summed E-state index contributed by atoms with van der Waals surface area (Å²) < 4.78 is 42.7. The summed E-state index contributed by atoms with van der Waals surface area (Å²) in [6, 6.07) is 12.0. The summed E-state index contributed by atoms with van der Waals surface area (Å²) in [5.74, 6) is 0. The lowest BCUT2D eigenvalue weighted by Gasteiger charge is -2.13. The molecule has 2 aromatic carbocycles. The zero-order valence-electron chi connectivity index (χ0n) is 18.6. The van der Waals surface area contributed by atoms with E-state index in [0.29, 0.717) is 17.5 Å². The standard InChI is InChI=1S/C27H27F3N2/c1-6-21(8-7-15-31-5)25-23-16-22(27(28,29)30)13-14-24(23)32(26(25)18(2)3)17-20-11-9-19(4)10-12-20/h6-16,31H,1-2,17H2,3-5H3/b15-7-,21-8+. The van der Waals surface area contributed by atoms with Gasteiger partial charge >= 0.3 is 6.18 Å². The molecule has 0 atom stereocenters. The van der Waals surface area contributed by atoms with Gasteiger partial charge in [0.2, 0.25) is 0 Å². The van der Waals surface area contributed by atoms with Gasteiger partial charge in [0, 0.05) is 30.1 Å². The Kier molecular flexibility index (Phi) is 6.78. The molecule has 1 heterocycles. The summed E-state index contributed by atoms with van der Waals surface area (Å²) in [4.78, 5) is 0. The third-order valence-corrected chi connectivity index (χ3v) is 5.30. The molecule has 3 aromatic rings. The number of aryl methyl sites for hydroxylation is 1. The van der Waals surface area contributed by atoms with Crippen molar-refractivity contribution in [2.75, 3.05) is 7.05 Å². The molecule has 2 nitrogen and oxygen atoms in total. The van der Waals surface area contributed by atoms with Crippen LogP contribution in [0.25, 0.3) is 22.0 Å². The Labute approximate surface area is 187 Å². The van der Waals surface area contributed by atoms with Gasteiger partial charge in [-0.25, -0.2) is 0 Å². The van der Waals surface area contributed by atoms with Crippen LogP contribution in [0.3, 0.4) is 0 Å². The van der Waals surface area contributed by atoms with Gasteiger partial charge in [-0.2, -0.15) is 13.2 Å². The van der Waals surface area contributed by atoms with Crippen molar-refractivity contribution in [3.8, 4) is 0 Å². The highest BCUT2D eigenvalue weighted by atomic mass is 19.4. The van der Waals surface area contributed by atoms with Crippen molar-refractivity contribution in [3.63, 3.8) is 0 Å². The van der Waals surface area contributed by atoms with E-state index in [2.05, 4.69) is 18.5 Å². The summed E-state index contributed by atoms with van der Waals surface area (Å²) in [6.45, 7) is 12.5. The van der Waals surface area contributed by atoms with E-state index in [0.717, 1.165) is 39.6 Å². The van der Waals surface area contributed by atoms with Crippen LogP contribution in [0.15, 0.2) is 80.1 Å². The fourth-order valence-electron chi connectivity index (χ4n) is 3.81. The number of alkyl halides is 3. The van der Waals surface area contributed by atoms with E-state index in [1.165, 1.54) is 6.07 Å². The van der Waals surface area contributed by atoms with Gasteiger partial charge in [-0.3, -0.25) is 0 Å². The predicted octanol–water partition coefficient (Wildman–Crippen LogP) is 7.35. The SMILES string of the molecule is C=C/C(=C\C=C/NC)c1c(C(=C)C)n(Cc2ccc(C)cc2)c2ccc(C(F)(F)F)cc12.